The van der Waals surface area contributed by atoms with Gasteiger partial charge < -0.3 is 39.7 Å². The first-order valence-corrected chi connectivity index (χ1v) is 27.1. The number of carboxylic acid groups (broad SMARTS) is 2. The molecule has 87 heavy (non-hydrogen) atoms. The van der Waals surface area contributed by atoms with Gasteiger partial charge >= 0.3 is 16.8 Å². The predicted molar refractivity (Wildman–Crippen MR) is 321 cm³/mol. The Morgan fingerprint density at radius 3 is 0.678 bits per heavy atom. The van der Waals surface area contributed by atoms with Gasteiger partial charge in [0.05, 0.1) is 11.9 Å². The summed E-state index contributed by atoms with van der Waals surface area (Å²) in [4.78, 5) is 96.4. The number of carboxylic acids is 2. The second kappa shape index (κ2) is 19.5. The third-order valence-corrected chi connectivity index (χ3v) is 15.6. The number of aromatic amines is 4. The van der Waals surface area contributed by atoms with Crippen LogP contribution in [0.25, 0.3) is 179 Å². The summed E-state index contributed by atoms with van der Waals surface area (Å²) in [6.07, 6.45) is 0. The van der Waals surface area contributed by atoms with Gasteiger partial charge in [0.2, 0.25) is 0 Å². The Labute approximate surface area is 498 Å². The van der Waals surface area contributed by atoms with Crippen LogP contribution in [-0.2, 0) is 16.8 Å². The molecule has 411 valence electrons. The molecule has 0 aliphatic carbocycles. The van der Waals surface area contributed by atoms with Gasteiger partial charge in [0.15, 0.2) is 46.6 Å². The number of carbonyl (C=O) groups excluding carboxylic acids is 2. The van der Waals surface area contributed by atoms with Gasteiger partial charge in [-0.15, -0.1) is 0 Å². The molecule has 16 bridgehead atoms. The van der Waals surface area contributed by atoms with Crippen LogP contribution < -0.4 is 10.2 Å². The van der Waals surface area contributed by atoms with Crippen molar-refractivity contribution in [2.24, 2.45) is 0 Å². The Hall–Kier alpha value is -12.1. The Bertz CT molecular complexity index is 5370. The number of carbonyl (C=O) groups is 2. The minimum absolute atomic E-state index is 0. The van der Waals surface area contributed by atoms with Gasteiger partial charge in [-0.25, -0.2) is 59.8 Å². The summed E-state index contributed by atoms with van der Waals surface area (Å²) < 4.78 is 0. The van der Waals surface area contributed by atoms with Gasteiger partial charge in [0, 0.05) is 98.7 Å². The maximum Gasteiger partial charge on any atom is 2.00 e. The predicted octanol–water partition coefficient (Wildman–Crippen LogP) is 10.5. The van der Waals surface area contributed by atoms with Crippen LogP contribution >= 0.6 is 0 Å². The number of hydrogen-bond donors (Lipinski definition) is 4. The Morgan fingerprint density at radius 2 is 0.437 bits per heavy atom. The maximum absolute atomic E-state index is 12.2. The van der Waals surface area contributed by atoms with Crippen LogP contribution in [0.5, 0.6) is 0 Å². The van der Waals surface area contributed by atoms with E-state index in [2.05, 4.69) is 19.9 Å². The van der Waals surface area contributed by atoms with Crippen LogP contribution in [0, 0.1) is 0 Å². The first-order valence-electron chi connectivity index (χ1n) is 27.1. The van der Waals surface area contributed by atoms with Crippen molar-refractivity contribution in [3.8, 4) is 91.1 Å². The summed E-state index contributed by atoms with van der Waals surface area (Å²) >= 11 is 0. The van der Waals surface area contributed by atoms with Gasteiger partial charge in [0.1, 0.15) is 45.2 Å². The van der Waals surface area contributed by atoms with Crippen molar-refractivity contribution in [3.63, 3.8) is 0 Å². The average molecular weight is 1170 g/mol. The molecule has 4 N–H and O–H groups in total. The summed E-state index contributed by atoms with van der Waals surface area (Å²) in [5.41, 5.74) is 10.2. The van der Waals surface area contributed by atoms with Gasteiger partial charge in [-0.3, -0.25) is 0 Å². The molecule has 8 aromatic carbocycles. The molecule has 1 radical (unpaired) electrons. The molecule has 21 heteroatoms. The van der Waals surface area contributed by atoms with Crippen molar-refractivity contribution in [2.75, 3.05) is 0 Å². The van der Waals surface area contributed by atoms with Crippen molar-refractivity contribution >= 4 is 100 Å². The van der Waals surface area contributed by atoms with Crippen LogP contribution in [0.1, 0.15) is 20.7 Å². The molecule has 6 aromatic heterocycles. The zero-order chi connectivity index (χ0) is 57.3. The fraction of sp³-hybridized carbons (Fsp3) is 0. The molecule has 0 fully saturated rings. The Morgan fingerprint density at radius 1 is 0.241 bits per heavy atom. The van der Waals surface area contributed by atoms with Crippen molar-refractivity contribution in [1.82, 2.24) is 79.7 Å². The molecule has 0 atom stereocenters. The maximum atomic E-state index is 12.2. The third kappa shape index (κ3) is 8.05. The number of aromatic carboxylic acids is 2. The molecular formula is C66H34CoN16O4. The summed E-state index contributed by atoms with van der Waals surface area (Å²) in [7, 11) is 0. The fourth-order valence-corrected chi connectivity index (χ4v) is 11.7. The van der Waals surface area contributed by atoms with Gasteiger partial charge in [-0.1, -0.05) is 182 Å². The van der Waals surface area contributed by atoms with E-state index in [1.165, 1.54) is 12.1 Å². The molecule has 4 aliphatic rings. The van der Waals surface area contributed by atoms with Gasteiger partial charge in [-0.2, -0.15) is 0 Å². The minimum Gasteiger partial charge on any atom is -0.545 e. The molecule has 0 unspecified atom stereocenters. The number of aromatic nitrogens is 16. The van der Waals surface area contributed by atoms with Crippen LogP contribution in [-0.4, -0.2) is 91.7 Å². The van der Waals surface area contributed by atoms with Crippen molar-refractivity contribution < 1.29 is 36.6 Å². The first kappa shape index (κ1) is 50.6. The summed E-state index contributed by atoms with van der Waals surface area (Å²) in [5, 5.41) is 29.9. The molecule has 0 spiro atoms. The van der Waals surface area contributed by atoms with Crippen molar-refractivity contribution in [3.05, 3.63) is 193 Å². The SMILES string of the molecule is O=C([O-])c1cccc2c3nc4nc(nc5[nH]c(nc6nc(nc([nH]3)c12)-c1ccccc1-6)c1ccccc51)-c1ccccc1-4.O=C([O-])c1cccc2c3nc4nc(nc5[nH]c(nc6nc(nc([nH]3)c12)-c1ccccc1-6)c1ccccc51)-c1ccccc1-4.[Co+2]. The number of nitrogens with one attached hydrogen (secondary N) is 4. The van der Waals surface area contributed by atoms with E-state index in [1.807, 2.05) is 146 Å². The monoisotopic (exact) mass is 1170 g/mol. The molecule has 20 nitrogen and oxygen atoms in total. The van der Waals surface area contributed by atoms with E-state index in [-0.39, 0.29) is 27.9 Å². The van der Waals surface area contributed by atoms with E-state index in [1.54, 1.807) is 24.3 Å². The molecule has 10 heterocycles. The molecule has 0 saturated heterocycles. The Kier molecular flexibility index (Phi) is 11.4. The molecule has 18 rings (SSSR count). The summed E-state index contributed by atoms with van der Waals surface area (Å²) in [6.45, 7) is 0. The fourth-order valence-electron chi connectivity index (χ4n) is 11.7. The number of fused-ring (bicyclic) bond motifs is 40. The van der Waals surface area contributed by atoms with Crippen LogP contribution in [0.3, 0.4) is 0 Å². The second-order valence-corrected chi connectivity index (χ2v) is 20.5. The quantitative estimate of drug-likeness (QED) is 0.125. The zero-order valence-electron chi connectivity index (χ0n) is 44.7. The van der Waals surface area contributed by atoms with E-state index in [0.29, 0.717) is 113 Å². The van der Waals surface area contributed by atoms with Gasteiger partial charge in [-0.05, 0) is 0 Å². The average Bonchev–Trinajstić information content (AvgIpc) is 1.98. The van der Waals surface area contributed by atoms with Gasteiger partial charge in [0.25, 0.3) is 0 Å². The smallest absolute Gasteiger partial charge is 0.545 e. The minimum atomic E-state index is -1.32. The normalized spacial score (nSPS) is 11.8. The van der Waals surface area contributed by atoms with Crippen LogP contribution in [0.4, 0.5) is 0 Å². The number of H-pyrrole nitrogens is 4. The number of rotatable bonds is 2. The van der Waals surface area contributed by atoms with Crippen molar-refractivity contribution in [1.29, 1.82) is 0 Å². The van der Waals surface area contributed by atoms with E-state index in [4.69, 9.17) is 59.8 Å². The molecule has 14 aromatic rings. The third-order valence-electron chi connectivity index (χ3n) is 15.6. The molecule has 0 saturated carbocycles. The number of benzene rings is 8. The van der Waals surface area contributed by atoms with E-state index >= 15 is 0 Å². The van der Waals surface area contributed by atoms with Crippen LogP contribution in [0.15, 0.2) is 182 Å². The van der Waals surface area contributed by atoms with Crippen molar-refractivity contribution in [2.45, 2.75) is 0 Å². The van der Waals surface area contributed by atoms with E-state index < -0.39 is 11.9 Å². The van der Waals surface area contributed by atoms with Crippen LogP contribution in [0.2, 0.25) is 0 Å². The topological polar surface area (TPSA) is 298 Å². The standard InChI is InChI=1S/2C33H18N8O2.Co/c2*42-33(43)23-15-7-14-22-24(23)32-40-30-21-13-6-5-12-20(21)28(38-30)36-26-17-9-2-1-8-16(17)25(34-26)35-27-18-10-3-4-11-19(18)29(37-27)39-31(22)41-32;/h2*1-15H,(H,42,43)(H2,34,35,36,37,38,39,40,41);/q;;+2/p-2. The Balaban J connectivity index is 0.000000139. The first-order chi connectivity index (χ1) is 42.2. The van der Waals surface area contributed by atoms with E-state index in [0.717, 1.165) is 66.1 Å². The summed E-state index contributed by atoms with van der Waals surface area (Å²) in [6, 6.07) is 56.5. The summed E-state index contributed by atoms with van der Waals surface area (Å²) in [5.74, 6) is 0.965. The molecule has 4 aliphatic heterocycles. The molecular weight excluding hydrogens is 1140 g/mol. The largest absolute Gasteiger partial charge is 2.00 e. The number of nitrogens with zero attached hydrogens (tertiary/aromatic N) is 12. The van der Waals surface area contributed by atoms with E-state index in [9.17, 15) is 19.8 Å². The number of hydrogen-bond acceptors (Lipinski definition) is 16. The second-order valence-electron chi connectivity index (χ2n) is 20.5. The zero-order valence-corrected chi connectivity index (χ0v) is 45.7. The molecule has 0 amide bonds.